The summed E-state index contributed by atoms with van der Waals surface area (Å²) >= 11 is 0. The molecule has 0 saturated carbocycles. The number of nitrogens with zero attached hydrogens (tertiary/aromatic N) is 2. The van der Waals surface area contributed by atoms with Crippen molar-refractivity contribution in [2.75, 3.05) is 32.1 Å². The first-order valence-electron chi connectivity index (χ1n) is 14.4. The Hall–Kier alpha value is -4.99. The van der Waals surface area contributed by atoms with E-state index >= 15 is 0 Å². The minimum absolute atomic E-state index is 0.163. The van der Waals surface area contributed by atoms with Crippen molar-refractivity contribution in [1.82, 2.24) is 15.1 Å². The number of methoxy groups -OCH3 is 1. The molecular weight excluding hydrogens is 548 g/mol. The molecule has 6 rings (SSSR count). The van der Waals surface area contributed by atoms with Gasteiger partial charge in [-0.2, -0.15) is 5.10 Å². The van der Waals surface area contributed by atoms with Crippen LogP contribution in [0.3, 0.4) is 0 Å². The van der Waals surface area contributed by atoms with Gasteiger partial charge < -0.3 is 29.2 Å². The third-order valence-electron chi connectivity index (χ3n) is 7.75. The average Bonchev–Trinajstić information content (AvgIpc) is 3.60. The Morgan fingerprint density at radius 2 is 1.98 bits per heavy atom. The number of rotatable bonds is 8. The molecule has 10 nitrogen and oxygen atoms in total. The van der Waals surface area contributed by atoms with E-state index in [1.807, 2.05) is 66.7 Å². The maximum absolute atomic E-state index is 13.5. The summed E-state index contributed by atoms with van der Waals surface area (Å²) in [4.78, 5) is 28.0. The van der Waals surface area contributed by atoms with E-state index in [-0.39, 0.29) is 37.2 Å². The van der Waals surface area contributed by atoms with E-state index in [1.54, 1.807) is 24.4 Å². The summed E-state index contributed by atoms with van der Waals surface area (Å²) in [6.45, 7) is 1.47. The summed E-state index contributed by atoms with van der Waals surface area (Å²) in [5.41, 5.74) is 4.20. The third kappa shape index (κ3) is 6.74. The molecule has 3 heterocycles. The number of likely N-dealkylation sites (tertiary alicyclic amines) is 1. The van der Waals surface area contributed by atoms with Gasteiger partial charge in [0.1, 0.15) is 36.6 Å². The largest absolute Gasteiger partial charge is 0.497 e. The maximum Gasteiger partial charge on any atom is 0.410 e. The Morgan fingerprint density at radius 1 is 1.09 bits per heavy atom. The first-order valence-corrected chi connectivity index (χ1v) is 14.4. The highest BCUT2D eigenvalue weighted by atomic mass is 16.6. The first-order chi connectivity index (χ1) is 21.1. The lowest BCUT2D eigenvalue weighted by molar-refractivity contribution is -0.121. The lowest BCUT2D eigenvalue weighted by Crippen LogP contribution is -2.44. The van der Waals surface area contributed by atoms with Crippen molar-refractivity contribution in [3.63, 3.8) is 0 Å². The molecule has 3 aromatic carbocycles. The van der Waals surface area contributed by atoms with E-state index < -0.39 is 0 Å². The molecular formula is C33H34N4O6. The van der Waals surface area contributed by atoms with Gasteiger partial charge in [-0.05, 0) is 66.3 Å². The van der Waals surface area contributed by atoms with Crippen LogP contribution in [0.1, 0.15) is 24.0 Å². The molecule has 0 radical (unpaired) electrons. The van der Waals surface area contributed by atoms with E-state index in [0.29, 0.717) is 30.9 Å². The zero-order valence-electron chi connectivity index (χ0n) is 24.0. The first kappa shape index (κ1) is 28.1. The van der Waals surface area contributed by atoms with Crippen LogP contribution >= 0.6 is 0 Å². The fraction of sp³-hybridized carbons (Fsp3) is 0.303. The van der Waals surface area contributed by atoms with Crippen LogP contribution in [-0.2, 0) is 22.6 Å². The van der Waals surface area contributed by atoms with Gasteiger partial charge in [-0.25, -0.2) is 4.79 Å². The smallest absolute Gasteiger partial charge is 0.410 e. The summed E-state index contributed by atoms with van der Waals surface area (Å²) in [7, 11) is 1.61. The summed E-state index contributed by atoms with van der Waals surface area (Å²) in [5.74, 6) is 1.46. The second-order valence-electron chi connectivity index (χ2n) is 10.7. The van der Waals surface area contributed by atoms with Crippen LogP contribution < -0.4 is 19.5 Å². The topological polar surface area (TPSA) is 115 Å². The molecule has 2 aliphatic heterocycles. The van der Waals surface area contributed by atoms with Crippen molar-refractivity contribution in [1.29, 1.82) is 0 Å². The number of amides is 2. The highest BCUT2D eigenvalue weighted by Gasteiger charge is 2.29. The molecule has 2 aliphatic rings. The van der Waals surface area contributed by atoms with Gasteiger partial charge in [0.2, 0.25) is 5.91 Å². The number of fused-ring (bicyclic) bond motifs is 1. The summed E-state index contributed by atoms with van der Waals surface area (Å²) in [6.07, 6.45) is 4.96. The van der Waals surface area contributed by atoms with Gasteiger partial charge in [-0.3, -0.25) is 9.89 Å². The number of H-pyrrole nitrogens is 1. The van der Waals surface area contributed by atoms with Crippen LogP contribution in [0.2, 0.25) is 0 Å². The highest BCUT2D eigenvalue weighted by molar-refractivity contribution is 5.95. The number of anilines is 1. The van der Waals surface area contributed by atoms with Crippen molar-refractivity contribution in [3.8, 4) is 28.4 Å². The fourth-order valence-electron chi connectivity index (χ4n) is 5.40. The number of hydrogen-bond donors (Lipinski definition) is 2. The molecule has 1 aromatic heterocycles. The minimum Gasteiger partial charge on any atom is -0.497 e. The van der Waals surface area contributed by atoms with E-state index in [2.05, 4.69) is 15.5 Å². The molecule has 0 bridgehead atoms. The summed E-state index contributed by atoms with van der Waals surface area (Å²) in [6, 6.07) is 20.9. The molecule has 2 atom stereocenters. The van der Waals surface area contributed by atoms with Crippen molar-refractivity contribution in [2.24, 2.45) is 5.92 Å². The normalized spacial score (nSPS) is 17.7. The molecule has 1 saturated heterocycles. The number of aromatic amines is 1. The number of benzene rings is 3. The lowest BCUT2D eigenvalue weighted by atomic mass is 9.95. The number of ether oxygens (including phenoxy) is 4. The third-order valence-corrected chi connectivity index (χ3v) is 7.75. The molecule has 0 spiro atoms. The van der Waals surface area contributed by atoms with Crippen LogP contribution in [-0.4, -0.2) is 60.0 Å². The molecule has 2 N–H and O–H groups in total. The molecule has 0 unspecified atom stereocenters. The lowest BCUT2D eigenvalue weighted by Gasteiger charge is -2.33. The van der Waals surface area contributed by atoms with Crippen molar-refractivity contribution in [2.45, 2.75) is 32.0 Å². The van der Waals surface area contributed by atoms with E-state index in [0.717, 1.165) is 46.6 Å². The van der Waals surface area contributed by atoms with Crippen LogP contribution in [0.5, 0.6) is 17.2 Å². The maximum atomic E-state index is 13.5. The second-order valence-corrected chi connectivity index (χ2v) is 10.7. The summed E-state index contributed by atoms with van der Waals surface area (Å²) < 4.78 is 23.3. The SMILES string of the molecule is COc1ccc2c(c1)C[C@@H](C(=O)Nc1ccc(-c3cn[nH]c3)cc1O[C@@H]1CCCN(C(=O)OCc3ccccc3)C1)CO2. The standard InChI is InChI=1S/C33H34N4O6/c1-40-27-10-12-30-24(15-27)14-25(21-41-30)32(38)36-29-11-9-23(26-17-34-35-18-26)16-31(29)43-28-8-5-13-37(19-28)33(39)42-20-22-6-3-2-4-7-22/h2-4,6-7,9-12,15-18,25,28H,5,8,13-14,19-21H2,1H3,(H,34,35)(H,36,38)/t25-,28-/m1/s1. The number of nitrogens with one attached hydrogen (secondary N) is 2. The van der Waals surface area contributed by atoms with E-state index in [1.165, 1.54) is 0 Å². The van der Waals surface area contributed by atoms with E-state index in [4.69, 9.17) is 18.9 Å². The Labute approximate surface area is 249 Å². The number of piperidine rings is 1. The van der Waals surface area contributed by atoms with Gasteiger partial charge >= 0.3 is 6.09 Å². The molecule has 4 aromatic rings. The zero-order chi connectivity index (χ0) is 29.6. The van der Waals surface area contributed by atoms with Crippen LogP contribution in [0.4, 0.5) is 10.5 Å². The van der Waals surface area contributed by atoms with Gasteiger partial charge in [0.15, 0.2) is 0 Å². The second kappa shape index (κ2) is 12.9. The molecule has 1 fully saturated rings. The van der Waals surface area contributed by atoms with Crippen LogP contribution in [0.25, 0.3) is 11.1 Å². The Morgan fingerprint density at radius 3 is 2.79 bits per heavy atom. The van der Waals surface area contributed by atoms with Crippen molar-refractivity contribution >= 4 is 17.7 Å². The van der Waals surface area contributed by atoms with Crippen LogP contribution in [0, 0.1) is 5.92 Å². The Bertz CT molecular complexity index is 1560. The number of carbonyl (C=O) groups is 2. The fourth-order valence-corrected chi connectivity index (χ4v) is 5.40. The van der Waals surface area contributed by atoms with E-state index in [9.17, 15) is 9.59 Å². The molecule has 0 aliphatic carbocycles. The Kier molecular flexibility index (Phi) is 8.44. The quantitative estimate of drug-likeness (QED) is 0.284. The number of aromatic nitrogens is 2. The molecule has 222 valence electrons. The monoisotopic (exact) mass is 582 g/mol. The van der Waals surface area contributed by atoms with Crippen molar-refractivity contribution in [3.05, 3.63) is 90.3 Å². The molecule has 10 heteroatoms. The van der Waals surface area contributed by atoms with Gasteiger partial charge in [0.25, 0.3) is 0 Å². The number of carbonyl (C=O) groups excluding carboxylic acids is 2. The molecule has 43 heavy (non-hydrogen) atoms. The van der Waals surface area contributed by atoms with Crippen LogP contribution in [0.15, 0.2) is 79.1 Å². The van der Waals surface area contributed by atoms with Gasteiger partial charge in [-0.15, -0.1) is 0 Å². The predicted molar refractivity (Wildman–Crippen MR) is 160 cm³/mol. The zero-order valence-corrected chi connectivity index (χ0v) is 24.0. The summed E-state index contributed by atoms with van der Waals surface area (Å²) in [5, 5.41) is 9.96. The van der Waals surface area contributed by atoms with Gasteiger partial charge in [0, 0.05) is 18.3 Å². The minimum atomic E-state index is -0.384. The van der Waals surface area contributed by atoms with Gasteiger partial charge in [-0.1, -0.05) is 36.4 Å². The predicted octanol–water partition coefficient (Wildman–Crippen LogP) is 5.46. The number of hydrogen-bond acceptors (Lipinski definition) is 7. The highest BCUT2D eigenvalue weighted by Crippen LogP contribution is 2.35. The average molecular weight is 583 g/mol. The molecule has 2 amide bonds. The Balaban J connectivity index is 1.16. The van der Waals surface area contributed by atoms with Gasteiger partial charge in [0.05, 0.1) is 31.5 Å². The van der Waals surface area contributed by atoms with Crippen molar-refractivity contribution < 1.29 is 28.5 Å².